The lowest BCUT2D eigenvalue weighted by Crippen LogP contribution is -2.44. The molecule has 7 heteroatoms. The molecule has 0 aliphatic carbocycles. The summed E-state index contributed by atoms with van der Waals surface area (Å²) in [7, 11) is 0. The van der Waals surface area contributed by atoms with Gasteiger partial charge in [-0.25, -0.2) is 4.98 Å². The first kappa shape index (κ1) is 19.5. The Labute approximate surface area is 180 Å². The maximum atomic E-state index is 13.5. The normalized spacial score (nSPS) is 16.8. The number of hydrogen-bond donors (Lipinski definition) is 1. The Morgan fingerprint density at radius 1 is 1.23 bits per heavy atom. The molecule has 0 radical (unpaired) electrons. The van der Waals surface area contributed by atoms with Crippen LogP contribution in [0.1, 0.15) is 18.5 Å². The number of fused-ring (bicyclic) bond motifs is 2. The summed E-state index contributed by atoms with van der Waals surface area (Å²) in [6.45, 7) is 6.44. The zero-order valence-electron chi connectivity index (χ0n) is 17.4. The Hall–Kier alpha value is -3.45. The molecule has 5 rings (SSSR count). The summed E-state index contributed by atoms with van der Waals surface area (Å²) in [4.78, 5) is 25.1. The molecule has 1 aliphatic rings. The van der Waals surface area contributed by atoms with Crippen LogP contribution in [-0.2, 0) is 13.1 Å². The molecule has 4 aromatic rings. The van der Waals surface area contributed by atoms with Crippen LogP contribution in [-0.4, -0.2) is 38.2 Å². The minimum absolute atomic E-state index is 0.0749. The van der Waals surface area contributed by atoms with E-state index in [2.05, 4.69) is 22.5 Å². The first-order valence-corrected chi connectivity index (χ1v) is 10.7. The molecule has 158 valence electrons. The van der Waals surface area contributed by atoms with Crippen LogP contribution in [0.3, 0.4) is 0 Å². The van der Waals surface area contributed by atoms with E-state index in [9.17, 15) is 4.79 Å². The molecule has 0 saturated carbocycles. The van der Waals surface area contributed by atoms with E-state index < -0.39 is 0 Å². The lowest BCUT2D eigenvalue weighted by molar-refractivity contribution is 0.495. The summed E-state index contributed by atoms with van der Waals surface area (Å²) in [6, 6.07) is 12.1. The fraction of sp³-hybridized carbons (Fsp3) is 0.292. The van der Waals surface area contributed by atoms with Gasteiger partial charge in [-0.05, 0) is 30.4 Å². The van der Waals surface area contributed by atoms with Crippen molar-refractivity contribution in [3.05, 3.63) is 77.5 Å². The molecule has 1 fully saturated rings. The van der Waals surface area contributed by atoms with Gasteiger partial charge in [0.25, 0.3) is 5.56 Å². The van der Waals surface area contributed by atoms with E-state index in [1.165, 1.54) is 0 Å². The number of imidazole rings is 1. The number of piperidine rings is 1. The van der Waals surface area contributed by atoms with Gasteiger partial charge in [0, 0.05) is 43.5 Å². The molecule has 0 spiro atoms. The van der Waals surface area contributed by atoms with E-state index in [1.54, 1.807) is 16.8 Å². The van der Waals surface area contributed by atoms with Gasteiger partial charge in [0.2, 0.25) is 5.95 Å². The van der Waals surface area contributed by atoms with Crippen LogP contribution >= 0.6 is 0 Å². The molecule has 2 N–H and O–H groups in total. The van der Waals surface area contributed by atoms with E-state index in [0.717, 1.165) is 48.3 Å². The second-order valence-corrected chi connectivity index (χ2v) is 8.12. The van der Waals surface area contributed by atoms with Gasteiger partial charge in [0.15, 0.2) is 0 Å². The monoisotopic (exact) mass is 414 g/mol. The summed E-state index contributed by atoms with van der Waals surface area (Å²) in [6.07, 6.45) is 7.45. The number of allylic oxidation sites excluding steroid dienone is 1. The highest BCUT2D eigenvalue weighted by Gasteiger charge is 2.24. The van der Waals surface area contributed by atoms with Gasteiger partial charge in [-0.2, -0.15) is 0 Å². The van der Waals surface area contributed by atoms with Crippen molar-refractivity contribution in [2.75, 3.05) is 18.0 Å². The third kappa shape index (κ3) is 3.51. The Morgan fingerprint density at radius 3 is 2.94 bits per heavy atom. The topological polar surface area (TPSA) is 82.0 Å². The minimum Gasteiger partial charge on any atom is -0.341 e. The predicted octanol–water partition coefficient (Wildman–Crippen LogP) is 2.91. The van der Waals surface area contributed by atoms with E-state index in [1.807, 2.05) is 41.1 Å². The average molecular weight is 415 g/mol. The van der Waals surface area contributed by atoms with Gasteiger partial charge < -0.3 is 19.8 Å². The van der Waals surface area contributed by atoms with Crippen LogP contribution in [0.5, 0.6) is 0 Å². The molecule has 1 aliphatic heterocycles. The highest BCUT2D eigenvalue weighted by Crippen LogP contribution is 2.24. The third-order valence-corrected chi connectivity index (χ3v) is 5.98. The maximum Gasteiger partial charge on any atom is 0.277 e. The van der Waals surface area contributed by atoms with Gasteiger partial charge in [-0.3, -0.25) is 9.78 Å². The highest BCUT2D eigenvalue weighted by atomic mass is 16.1. The maximum absolute atomic E-state index is 13.5. The number of benzene rings is 1. The van der Waals surface area contributed by atoms with Crippen molar-refractivity contribution in [3.63, 3.8) is 0 Å². The number of anilines is 1. The van der Waals surface area contributed by atoms with E-state index in [0.29, 0.717) is 24.1 Å². The Bertz CT molecular complexity index is 1320. The second kappa shape index (κ2) is 8.00. The fourth-order valence-electron chi connectivity index (χ4n) is 4.49. The van der Waals surface area contributed by atoms with Crippen molar-refractivity contribution < 1.29 is 0 Å². The molecule has 1 aromatic carbocycles. The summed E-state index contributed by atoms with van der Waals surface area (Å²) in [5.74, 6) is 0.795. The lowest BCUT2D eigenvalue weighted by atomic mass is 10.1. The van der Waals surface area contributed by atoms with E-state index in [-0.39, 0.29) is 11.6 Å². The van der Waals surface area contributed by atoms with Crippen LogP contribution in [0.15, 0.2) is 66.2 Å². The van der Waals surface area contributed by atoms with Gasteiger partial charge in [-0.15, -0.1) is 6.58 Å². The summed E-state index contributed by atoms with van der Waals surface area (Å²) in [5, 5.41) is 2.17. The van der Waals surface area contributed by atoms with Crippen LogP contribution in [0, 0.1) is 0 Å². The molecule has 0 amide bonds. The van der Waals surface area contributed by atoms with Crippen LogP contribution in [0.25, 0.3) is 21.8 Å². The van der Waals surface area contributed by atoms with E-state index >= 15 is 0 Å². The number of aromatic nitrogens is 4. The first-order valence-electron chi connectivity index (χ1n) is 10.7. The Kier molecular flexibility index (Phi) is 5.03. The van der Waals surface area contributed by atoms with Crippen LogP contribution in [0.2, 0.25) is 0 Å². The summed E-state index contributed by atoms with van der Waals surface area (Å²) in [5.41, 5.74) is 8.28. The SMILES string of the molecule is C=CCn1c(N2CCCC(N)C2)nc2ccn(Cc3nccc4ccccc34)c(=O)c21. The fourth-order valence-corrected chi connectivity index (χ4v) is 4.49. The summed E-state index contributed by atoms with van der Waals surface area (Å²) >= 11 is 0. The van der Waals surface area contributed by atoms with E-state index in [4.69, 9.17) is 10.7 Å². The minimum atomic E-state index is -0.0749. The predicted molar refractivity (Wildman–Crippen MR) is 124 cm³/mol. The number of rotatable bonds is 5. The number of hydrogen-bond acceptors (Lipinski definition) is 5. The van der Waals surface area contributed by atoms with Gasteiger partial charge in [-0.1, -0.05) is 30.3 Å². The number of nitrogens with two attached hydrogens (primary N) is 1. The average Bonchev–Trinajstić information content (AvgIpc) is 3.15. The molecule has 7 nitrogen and oxygen atoms in total. The second-order valence-electron chi connectivity index (χ2n) is 8.12. The molecule has 31 heavy (non-hydrogen) atoms. The Balaban J connectivity index is 1.61. The molecule has 1 unspecified atom stereocenters. The van der Waals surface area contributed by atoms with Gasteiger partial charge in [0.05, 0.1) is 17.8 Å². The van der Waals surface area contributed by atoms with Gasteiger partial charge >= 0.3 is 0 Å². The zero-order chi connectivity index (χ0) is 21.4. The largest absolute Gasteiger partial charge is 0.341 e. The molecular formula is C24H26N6O. The smallest absolute Gasteiger partial charge is 0.277 e. The molecular weight excluding hydrogens is 388 g/mol. The Morgan fingerprint density at radius 2 is 2.10 bits per heavy atom. The molecule has 1 saturated heterocycles. The van der Waals surface area contributed by atoms with Crippen molar-refractivity contribution in [2.45, 2.75) is 32.0 Å². The molecule has 3 aromatic heterocycles. The van der Waals surface area contributed by atoms with Crippen molar-refractivity contribution in [1.82, 2.24) is 19.1 Å². The zero-order valence-corrected chi connectivity index (χ0v) is 17.4. The van der Waals surface area contributed by atoms with Crippen molar-refractivity contribution in [1.29, 1.82) is 0 Å². The highest BCUT2D eigenvalue weighted by molar-refractivity contribution is 5.84. The van der Waals surface area contributed by atoms with Gasteiger partial charge in [0.1, 0.15) is 5.52 Å². The first-order chi connectivity index (χ1) is 15.2. The summed E-state index contributed by atoms with van der Waals surface area (Å²) < 4.78 is 3.68. The lowest BCUT2D eigenvalue weighted by Gasteiger charge is -2.31. The quantitative estimate of drug-likeness (QED) is 0.508. The molecule has 0 bridgehead atoms. The van der Waals surface area contributed by atoms with Crippen molar-refractivity contribution >= 4 is 27.8 Å². The molecule has 4 heterocycles. The number of nitrogens with zero attached hydrogens (tertiary/aromatic N) is 5. The van der Waals surface area contributed by atoms with Crippen molar-refractivity contribution in [3.8, 4) is 0 Å². The van der Waals surface area contributed by atoms with Crippen LogP contribution < -0.4 is 16.2 Å². The number of pyridine rings is 2. The van der Waals surface area contributed by atoms with Crippen molar-refractivity contribution in [2.24, 2.45) is 5.73 Å². The standard InChI is InChI=1S/C24H26N6O/c1-2-12-30-22-20(27-24(30)29-13-5-7-18(25)15-29)10-14-28(23(22)31)16-21-19-8-4-3-6-17(19)9-11-26-21/h2-4,6,8-11,14,18H,1,5,7,12-13,15-16,25H2. The molecule has 1 atom stereocenters. The third-order valence-electron chi connectivity index (χ3n) is 5.98. The van der Waals surface area contributed by atoms with Crippen LogP contribution in [0.4, 0.5) is 5.95 Å².